The molecular formula is C23H15F3N2O5S2. The van der Waals surface area contributed by atoms with Gasteiger partial charge in [0.2, 0.25) is 5.82 Å². The number of aromatic nitrogens is 1. The molecule has 0 atom stereocenters. The summed E-state index contributed by atoms with van der Waals surface area (Å²) in [5, 5.41) is 8.54. The third-order valence-electron chi connectivity index (χ3n) is 5.13. The van der Waals surface area contributed by atoms with E-state index in [2.05, 4.69) is 0 Å². The van der Waals surface area contributed by atoms with Crippen LogP contribution in [0.5, 0.6) is 11.5 Å². The molecule has 35 heavy (non-hydrogen) atoms. The third kappa shape index (κ3) is 4.13. The fourth-order valence-corrected chi connectivity index (χ4v) is 5.87. The van der Waals surface area contributed by atoms with Gasteiger partial charge in [-0.1, -0.05) is 17.7 Å². The highest BCUT2D eigenvalue weighted by atomic mass is 32.2. The van der Waals surface area contributed by atoms with Crippen LogP contribution in [0.1, 0.15) is 11.1 Å². The molecule has 1 aromatic heterocycles. The van der Waals surface area contributed by atoms with Crippen LogP contribution >= 0.6 is 0 Å². The highest BCUT2D eigenvalue weighted by Gasteiger charge is 2.32. The van der Waals surface area contributed by atoms with Crippen LogP contribution in [-0.2, 0) is 19.9 Å². The lowest BCUT2D eigenvalue weighted by Crippen LogP contribution is -2.14. The SMILES string of the molecule is Cc1ccc(S(=O)(=O)n2ccc3c(S(C)(=O)=O)c(Oc4ccc(F)c(C#N)c4)c(F)c(F)c32)cc1. The Bertz CT molecular complexity index is 1760. The summed E-state index contributed by atoms with van der Waals surface area (Å²) in [4.78, 5) is -1.04. The van der Waals surface area contributed by atoms with Crippen LogP contribution in [0.15, 0.2) is 64.5 Å². The summed E-state index contributed by atoms with van der Waals surface area (Å²) in [6, 6.07) is 10.9. The largest absolute Gasteiger partial charge is 0.453 e. The monoisotopic (exact) mass is 520 g/mol. The van der Waals surface area contributed by atoms with Crippen LogP contribution in [0, 0.1) is 35.7 Å². The van der Waals surface area contributed by atoms with E-state index in [1.54, 1.807) is 13.0 Å². The Hall–Kier alpha value is -3.82. The second-order valence-corrected chi connectivity index (χ2v) is 11.4. The number of nitriles is 1. The Morgan fingerprint density at radius 3 is 2.20 bits per heavy atom. The number of ether oxygens (including phenoxy) is 1. The van der Waals surface area contributed by atoms with Gasteiger partial charge in [-0.05, 0) is 37.3 Å². The van der Waals surface area contributed by atoms with E-state index in [9.17, 15) is 21.2 Å². The van der Waals surface area contributed by atoms with E-state index in [0.717, 1.165) is 36.0 Å². The quantitative estimate of drug-likeness (QED) is 0.354. The lowest BCUT2D eigenvalue weighted by atomic mass is 10.2. The Labute approximate surface area is 198 Å². The average molecular weight is 521 g/mol. The Morgan fingerprint density at radius 1 is 0.943 bits per heavy atom. The van der Waals surface area contributed by atoms with Gasteiger partial charge in [-0.15, -0.1) is 0 Å². The standard InChI is InChI=1S/C23H15F3N2O5S2/c1-13-3-6-16(7-4-13)35(31,32)28-10-9-17-21(28)19(25)20(26)22(23(17)34(2,29)30)33-15-5-8-18(24)14(11-15)12-27/h3-11H,1-2H3. The summed E-state index contributed by atoms with van der Waals surface area (Å²) in [5.41, 5.74) is -0.534. The number of sulfone groups is 1. The molecule has 180 valence electrons. The first kappa shape index (κ1) is 24.3. The van der Waals surface area contributed by atoms with Gasteiger partial charge in [0.15, 0.2) is 21.4 Å². The molecule has 0 saturated carbocycles. The third-order valence-corrected chi connectivity index (χ3v) is 7.97. The van der Waals surface area contributed by atoms with Crippen LogP contribution < -0.4 is 4.74 Å². The second kappa shape index (κ2) is 8.44. The number of benzene rings is 3. The second-order valence-electron chi connectivity index (χ2n) is 7.61. The minimum absolute atomic E-state index is 0.225. The fourth-order valence-electron chi connectivity index (χ4n) is 3.49. The Morgan fingerprint density at radius 2 is 1.60 bits per heavy atom. The number of aryl methyl sites for hydroxylation is 1. The van der Waals surface area contributed by atoms with Crippen molar-refractivity contribution in [2.24, 2.45) is 0 Å². The molecule has 0 fully saturated rings. The highest BCUT2D eigenvalue weighted by molar-refractivity contribution is 7.91. The van der Waals surface area contributed by atoms with Gasteiger partial charge in [0.25, 0.3) is 10.0 Å². The maximum atomic E-state index is 15.3. The first-order valence-electron chi connectivity index (χ1n) is 9.78. The topological polar surface area (TPSA) is 106 Å². The molecule has 0 N–H and O–H groups in total. The summed E-state index contributed by atoms with van der Waals surface area (Å²) < 4.78 is 101. The molecule has 0 radical (unpaired) electrons. The lowest BCUT2D eigenvalue weighted by molar-refractivity contribution is 0.407. The van der Waals surface area contributed by atoms with Crippen molar-refractivity contribution in [2.75, 3.05) is 6.26 Å². The lowest BCUT2D eigenvalue weighted by Gasteiger charge is -2.15. The van der Waals surface area contributed by atoms with E-state index in [-0.39, 0.29) is 10.6 Å². The zero-order valence-corrected chi connectivity index (χ0v) is 19.7. The van der Waals surface area contributed by atoms with Crippen LogP contribution in [0.3, 0.4) is 0 Å². The van der Waals surface area contributed by atoms with E-state index < -0.39 is 64.4 Å². The van der Waals surface area contributed by atoms with Gasteiger partial charge in [-0.25, -0.2) is 29.6 Å². The van der Waals surface area contributed by atoms with E-state index in [4.69, 9.17) is 10.00 Å². The summed E-state index contributed by atoms with van der Waals surface area (Å²) in [6.07, 6.45) is 1.62. The van der Waals surface area contributed by atoms with Crippen molar-refractivity contribution in [2.45, 2.75) is 16.7 Å². The van der Waals surface area contributed by atoms with E-state index in [1.165, 1.54) is 24.3 Å². The summed E-state index contributed by atoms with van der Waals surface area (Å²) in [7, 11) is -8.75. The van der Waals surface area contributed by atoms with Crippen molar-refractivity contribution in [3.63, 3.8) is 0 Å². The van der Waals surface area contributed by atoms with Gasteiger partial charge in [0.05, 0.1) is 10.5 Å². The van der Waals surface area contributed by atoms with Crippen molar-refractivity contribution in [3.8, 4) is 17.6 Å². The predicted octanol–water partition coefficient (Wildman–Crippen LogP) is 4.67. The minimum atomic E-state index is -4.43. The minimum Gasteiger partial charge on any atom is -0.453 e. The van der Waals surface area contributed by atoms with Gasteiger partial charge in [0.1, 0.15) is 28.0 Å². The van der Waals surface area contributed by atoms with Gasteiger partial charge in [0, 0.05) is 23.9 Å². The van der Waals surface area contributed by atoms with Gasteiger partial charge in [-0.2, -0.15) is 9.65 Å². The number of hydrogen-bond donors (Lipinski definition) is 0. The molecule has 12 heteroatoms. The van der Waals surface area contributed by atoms with E-state index >= 15 is 8.78 Å². The molecule has 3 aromatic carbocycles. The van der Waals surface area contributed by atoms with Crippen molar-refractivity contribution in [1.29, 1.82) is 5.26 Å². The molecule has 0 spiro atoms. The number of nitrogens with zero attached hydrogens (tertiary/aromatic N) is 2. The number of hydrogen-bond acceptors (Lipinski definition) is 6. The number of rotatable bonds is 5. The van der Waals surface area contributed by atoms with Crippen LogP contribution in [0.4, 0.5) is 13.2 Å². The zero-order chi connectivity index (χ0) is 25.7. The van der Waals surface area contributed by atoms with Crippen LogP contribution in [0.25, 0.3) is 10.9 Å². The smallest absolute Gasteiger partial charge is 0.268 e. The number of fused-ring (bicyclic) bond motifs is 1. The van der Waals surface area contributed by atoms with Gasteiger partial charge >= 0.3 is 0 Å². The summed E-state index contributed by atoms with van der Waals surface area (Å²) >= 11 is 0. The Balaban J connectivity index is 2.01. The Kier molecular flexibility index (Phi) is 5.86. The molecule has 4 aromatic rings. The van der Waals surface area contributed by atoms with Crippen molar-refractivity contribution >= 4 is 30.8 Å². The molecule has 7 nitrogen and oxygen atoms in total. The fraction of sp³-hybridized carbons (Fsp3) is 0.0870. The molecule has 1 heterocycles. The molecule has 0 amide bonds. The van der Waals surface area contributed by atoms with Crippen LogP contribution in [0.2, 0.25) is 0 Å². The van der Waals surface area contributed by atoms with Gasteiger partial charge in [-0.3, -0.25) is 0 Å². The summed E-state index contributed by atoms with van der Waals surface area (Å²) in [5.74, 6) is -5.75. The van der Waals surface area contributed by atoms with E-state index in [0.29, 0.717) is 10.2 Å². The number of halogens is 3. The molecule has 0 saturated heterocycles. The zero-order valence-electron chi connectivity index (χ0n) is 18.1. The highest BCUT2D eigenvalue weighted by Crippen LogP contribution is 2.41. The van der Waals surface area contributed by atoms with Crippen molar-refractivity contribution < 1.29 is 34.7 Å². The molecule has 0 aliphatic rings. The molecular weight excluding hydrogens is 505 g/mol. The molecule has 4 rings (SSSR count). The first-order valence-corrected chi connectivity index (χ1v) is 13.1. The van der Waals surface area contributed by atoms with Crippen molar-refractivity contribution in [1.82, 2.24) is 3.97 Å². The van der Waals surface area contributed by atoms with Gasteiger partial charge < -0.3 is 4.74 Å². The first-order chi connectivity index (χ1) is 16.4. The maximum absolute atomic E-state index is 15.3. The maximum Gasteiger partial charge on any atom is 0.268 e. The average Bonchev–Trinajstić information content (AvgIpc) is 3.23. The van der Waals surface area contributed by atoms with Crippen molar-refractivity contribution in [3.05, 3.63) is 83.3 Å². The molecule has 0 unspecified atom stereocenters. The molecule has 0 aliphatic carbocycles. The molecule has 0 bridgehead atoms. The van der Waals surface area contributed by atoms with Crippen LogP contribution in [-0.4, -0.2) is 27.1 Å². The summed E-state index contributed by atoms with van der Waals surface area (Å²) in [6.45, 7) is 1.73. The predicted molar refractivity (Wildman–Crippen MR) is 120 cm³/mol. The molecule has 0 aliphatic heterocycles. The normalized spacial score (nSPS) is 12.0. The van der Waals surface area contributed by atoms with E-state index in [1.807, 2.05) is 0 Å².